The highest BCUT2D eigenvalue weighted by Crippen LogP contribution is 2.48. The van der Waals surface area contributed by atoms with Crippen molar-refractivity contribution in [3.63, 3.8) is 0 Å². The second-order valence-electron chi connectivity index (χ2n) is 4.17. The maximum atomic E-state index is 9.84. The zero-order chi connectivity index (χ0) is 11.2. The van der Waals surface area contributed by atoms with Gasteiger partial charge in [0.1, 0.15) is 10.8 Å². The van der Waals surface area contributed by atoms with Gasteiger partial charge in [-0.05, 0) is 11.6 Å². The minimum absolute atomic E-state index is 0.431. The van der Waals surface area contributed by atoms with E-state index in [-0.39, 0.29) is 0 Å². The van der Waals surface area contributed by atoms with Crippen molar-refractivity contribution >= 4 is 11.6 Å². The molecule has 0 bridgehead atoms. The third kappa shape index (κ3) is 1.45. The fourth-order valence-corrected chi connectivity index (χ4v) is 2.62. The molecule has 16 heavy (non-hydrogen) atoms. The molecule has 0 aliphatic carbocycles. The Bertz CT molecular complexity index is 418. The van der Waals surface area contributed by atoms with Crippen LogP contribution in [0.4, 0.5) is 0 Å². The summed E-state index contributed by atoms with van der Waals surface area (Å²) in [7, 11) is 0. The van der Waals surface area contributed by atoms with Crippen molar-refractivity contribution in [3.8, 4) is 0 Å². The van der Waals surface area contributed by atoms with Gasteiger partial charge in [0, 0.05) is 37.8 Å². The van der Waals surface area contributed by atoms with E-state index in [2.05, 4.69) is 4.98 Å². The lowest BCUT2D eigenvalue weighted by Crippen LogP contribution is -2.33. The fraction of sp³-hybridized carbons (Fsp3) is 0.545. The van der Waals surface area contributed by atoms with Crippen LogP contribution in [0.25, 0.3) is 0 Å². The van der Waals surface area contributed by atoms with Crippen LogP contribution >= 0.6 is 11.6 Å². The Morgan fingerprint density at radius 3 is 2.94 bits per heavy atom. The number of aliphatic hydroxyl groups excluding tert-OH is 1. The quantitative estimate of drug-likeness (QED) is 0.704. The number of aliphatic hydroxyl groups is 1. The van der Waals surface area contributed by atoms with Crippen molar-refractivity contribution in [2.45, 2.75) is 24.7 Å². The smallest absolute Gasteiger partial charge is 0.184 e. The molecule has 2 aliphatic heterocycles. The molecule has 3 rings (SSSR count). The number of ether oxygens (including phenoxy) is 2. The Morgan fingerprint density at radius 2 is 2.19 bits per heavy atom. The van der Waals surface area contributed by atoms with Gasteiger partial charge in [0.05, 0.1) is 0 Å². The third-order valence-electron chi connectivity index (χ3n) is 3.30. The van der Waals surface area contributed by atoms with Crippen LogP contribution in [0.5, 0.6) is 0 Å². The first-order chi connectivity index (χ1) is 7.71. The molecule has 4 nitrogen and oxygen atoms in total. The first-order valence-electron chi connectivity index (χ1n) is 5.31. The van der Waals surface area contributed by atoms with Gasteiger partial charge in [0.15, 0.2) is 6.29 Å². The van der Waals surface area contributed by atoms with E-state index in [0.29, 0.717) is 18.4 Å². The van der Waals surface area contributed by atoms with Crippen molar-refractivity contribution in [2.24, 2.45) is 0 Å². The fourth-order valence-electron chi connectivity index (χ4n) is 2.46. The summed E-state index contributed by atoms with van der Waals surface area (Å²) >= 11 is 5.89. The van der Waals surface area contributed by atoms with E-state index in [1.807, 2.05) is 0 Å². The van der Waals surface area contributed by atoms with E-state index in [1.165, 1.54) is 0 Å². The van der Waals surface area contributed by atoms with Crippen LogP contribution in [0.15, 0.2) is 12.3 Å². The Balaban J connectivity index is 2.09. The molecule has 2 aliphatic rings. The number of halogens is 1. The topological polar surface area (TPSA) is 51.6 Å². The summed E-state index contributed by atoms with van der Waals surface area (Å²) in [6.45, 7) is 1.29. The monoisotopic (exact) mass is 241 g/mol. The highest BCUT2D eigenvalue weighted by Gasteiger charge is 2.45. The number of nitrogens with zero attached hydrogens (tertiary/aromatic N) is 1. The lowest BCUT2D eigenvalue weighted by atomic mass is 9.86. The van der Waals surface area contributed by atoms with E-state index in [1.54, 1.807) is 12.3 Å². The van der Waals surface area contributed by atoms with E-state index in [4.69, 9.17) is 21.1 Å². The summed E-state index contributed by atoms with van der Waals surface area (Å²) in [5.41, 5.74) is 1.26. The molecule has 1 aromatic rings. The van der Waals surface area contributed by atoms with Gasteiger partial charge in [-0.15, -0.1) is 0 Å². The molecule has 1 aromatic heterocycles. The van der Waals surface area contributed by atoms with Crippen LogP contribution in [0, 0.1) is 0 Å². The Kier molecular flexibility index (Phi) is 2.40. The van der Waals surface area contributed by atoms with E-state index < -0.39 is 11.9 Å². The predicted octanol–water partition coefficient (Wildman–Crippen LogP) is 1.76. The molecule has 0 aromatic carbocycles. The molecule has 1 atom stereocenters. The summed E-state index contributed by atoms with van der Waals surface area (Å²) in [6, 6.07) is 1.79. The number of hydrogen-bond donors (Lipinski definition) is 1. The summed E-state index contributed by atoms with van der Waals surface area (Å²) < 4.78 is 11.0. The normalized spacial score (nSPS) is 27.0. The standard InChI is InChI=1S/C11H12ClNO3/c12-9-5-8-7(6-13-9)10(14)16-11(8)1-3-15-4-2-11/h5-6,10,14H,1-4H2. The van der Waals surface area contributed by atoms with Gasteiger partial charge in [-0.3, -0.25) is 0 Å². The van der Waals surface area contributed by atoms with Crippen molar-refractivity contribution in [2.75, 3.05) is 13.2 Å². The van der Waals surface area contributed by atoms with Gasteiger partial charge in [0.2, 0.25) is 0 Å². The maximum Gasteiger partial charge on any atom is 0.184 e. The van der Waals surface area contributed by atoms with Gasteiger partial charge in [-0.25, -0.2) is 4.98 Å². The second-order valence-corrected chi connectivity index (χ2v) is 4.56. The highest BCUT2D eigenvalue weighted by atomic mass is 35.5. The van der Waals surface area contributed by atoms with Crippen molar-refractivity contribution < 1.29 is 14.6 Å². The minimum Gasteiger partial charge on any atom is -0.381 e. The average molecular weight is 242 g/mol. The molecule has 0 amide bonds. The maximum absolute atomic E-state index is 9.84. The van der Waals surface area contributed by atoms with Gasteiger partial charge in [0.25, 0.3) is 0 Å². The largest absolute Gasteiger partial charge is 0.381 e. The van der Waals surface area contributed by atoms with Crippen LogP contribution in [-0.4, -0.2) is 23.3 Å². The summed E-state index contributed by atoms with van der Waals surface area (Å²) in [5, 5.41) is 10.3. The molecule has 5 heteroatoms. The Hall–Kier alpha value is -0.680. The van der Waals surface area contributed by atoms with E-state index in [9.17, 15) is 5.11 Å². The van der Waals surface area contributed by atoms with Gasteiger partial charge < -0.3 is 14.6 Å². The predicted molar refractivity (Wildman–Crippen MR) is 57.0 cm³/mol. The zero-order valence-corrected chi connectivity index (χ0v) is 9.41. The molecule has 0 saturated carbocycles. The Labute approximate surface area is 98.2 Å². The molecule has 1 saturated heterocycles. The number of rotatable bonds is 0. The molecule has 86 valence electrons. The molecule has 1 unspecified atom stereocenters. The van der Waals surface area contributed by atoms with Crippen LogP contribution < -0.4 is 0 Å². The number of fused-ring (bicyclic) bond motifs is 2. The number of aromatic nitrogens is 1. The lowest BCUT2D eigenvalue weighted by Gasteiger charge is -2.33. The molecular formula is C11H12ClNO3. The lowest BCUT2D eigenvalue weighted by molar-refractivity contribution is -0.199. The number of hydrogen-bond acceptors (Lipinski definition) is 4. The first kappa shape index (κ1) is 10.5. The molecule has 1 N–H and O–H groups in total. The molecule has 1 fully saturated rings. The molecular weight excluding hydrogens is 230 g/mol. The molecule has 3 heterocycles. The van der Waals surface area contributed by atoms with Crippen molar-refractivity contribution in [3.05, 3.63) is 28.5 Å². The summed E-state index contributed by atoms with van der Waals surface area (Å²) in [5.74, 6) is 0. The summed E-state index contributed by atoms with van der Waals surface area (Å²) in [4.78, 5) is 3.97. The first-order valence-corrected chi connectivity index (χ1v) is 5.69. The average Bonchev–Trinajstić information content (AvgIpc) is 2.53. The van der Waals surface area contributed by atoms with Crippen LogP contribution in [0.3, 0.4) is 0 Å². The van der Waals surface area contributed by atoms with Crippen LogP contribution in [-0.2, 0) is 15.1 Å². The molecule has 0 radical (unpaired) electrons. The SMILES string of the molecule is OC1OC2(CCOCC2)c2cc(Cl)ncc21. The van der Waals surface area contributed by atoms with Gasteiger partial charge >= 0.3 is 0 Å². The molecule has 1 spiro atoms. The second kappa shape index (κ2) is 3.67. The third-order valence-corrected chi connectivity index (χ3v) is 3.50. The highest BCUT2D eigenvalue weighted by molar-refractivity contribution is 6.29. The number of pyridine rings is 1. The van der Waals surface area contributed by atoms with Crippen molar-refractivity contribution in [1.29, 1.82) is 0 Å². The van der Waals surface area contributed by atoms with Gasteiger partial charge in [-0.2, -0.15) is 0 Å². The Morgan fingerprint density at radius 1 is 1.44 bits per heavy atom. The van der Waals surface area contributed by atoms with Gasteiger partial charge in [-0.1, -0.05) is 11.6 Å². The summed E-state index contributed by atoms with van der Waals surface area (Å²) in [6.07, 6.45) is 2.19. The van der Waals surface area contributed by atoms with E-state index in [0.717, 1.165) is 24.0 Å². The van der Waals surface area contributed by atoms with E-state index >= 15 is 0 Å². The van der Waals surface area contributed by atoms with Crippen LogP contribution in [0.2, 0.25) is 5.15 Å². The minimum atomic E-state index is -0.891. The van der Waals surface area contributed by atoms with Crippen LogP contribution in [0.1, 0.15) is 30.3 Å². The van der Waals surface area contributed by atoms with Crippen molar-refractivity contribution in [1.82, 2.24) is 4.98 Å². The zero-order valence-electron chi connectivity index (χ0n) is 8.65.